The number of benzene rings is 1. The van der Waals surface area contributed by atoms with Crippen LogP contribution < -0.4 is 14.8 Å². The molecule has 0 unspecified atom stereocenters. The van der Waals surface area contributed by atoms with E-state index in [0.29, 0.717) is 24.7 Å². The molecule has 0 aliphatic rings. The Labute approximate surface area is 120 Å². The minimum atomic E-state index is -0.736. The highest BCUT2D eigenvalue weighted by molar-refractivity contribution is 5.79. The Kier molecular flexibility index (Phi) is 5.82. The van der Waals surface area contributed by atoms with Crippen molar-refractivity contribution in [2.24, 2.45) is 0 Å². The second kappa shape index (κ2) is 7.14. The van der Waals surface area contributed by atoms with E-state index in [-0.39, 0.29) is 5.97 Å². The van der Waals surface area contributed by atoms with Gasteiger partial charge in [-0.1, -0.05) is 6.07 Å². The number of nitrogens with one attached hydrogen (secondary N) is 1. The molecule has 0 heterocycles. The van der Waals surface area contributed by atoms with Crippen LogP contribution in [0.15, 0.2) is 18.2 Å². The van der Waals surface area contributed by atoms with Crippen molar-refractivity contribution in [3.05, 3.63) is 23.8 Å². The molecule has 0 aliphatic carbocycles. The number of rotatable bonds is 7. The van der Waals surface area contributed by atoms with Crippen molar-refractivity contribution < 1.29 is 19.0 Å². The van der Waals surface area contributed by atoms with Gasteiger partial charge in [0.2, 0.25) is 0 Å². The summed E-state index contributed by atoms with van der Waals surface area (Å²) in [5, 5.41) is 3.16. The van der Waals surface area contributed by atoms with Gasteiger partial charge in [0.1, 0.15) is 5.54 Å². The lowest BCUT2D eigenvalue weighted by Crippen LogP contribution is -2.46. The molecule has 0 aliphatic heterocycles. The first-order valence-corrected chi connectivity index (χ1v) is 6.57. The highest BCUT2D eigenvalue weighted by atomic mass is 16.5. The molecule has 0 fully saturated rings. The first kappa shape index (κ1) is 16.3. The van der Waals surface area contributed by atoms with E-state index >= 15 is 0 Å². The third-order valence-corrected chi connectivity index (χ3v) is 2.96. The van der Waals surface area contributed by atoms with Gasteiger partial charge in [0, 0.05) is 6.54 Å². The second-order valence-electron chi connectivity index (χ2n) is 4.89. The summed E-state index contributed by atoms with van der Waals surface area (Å²) in [5.41, 5.74) is 0.270. The Morgan fingerprint density at radius 3 is 2.50 bits per heavy atom. The molecular formula is C15H23NO4. The zero-order valence-electron chi connectivity index (χ0n) is 12.8. The van der Waals surface area contributed by atoms with Gasteiger partial charge >= 0.3 is 5.97 Å². The predicted molar refractivity (Wildman–Crippen MR) is 77.1 cm³/mol. The topological polar surface area (TPSA) is 56.8 Å². The number of methoxy groups -OCH3 is 2. The fourth-order valence-electron chi connectivity index (χ4n) is 1.75. The van der Waals surface area contributed by atoms with Crippen LogP contribution in [-0.2, 0) is 16.1 Å². The molecular weight excluding hydrogens is 258 g/mol. The smallest absolute Gasteiger partial charge is 0.325 e. The fraction of sp³-hybridized carbons (Fsp3) is 0.533. The minimum Gasteiger partial charge on any atom is -0.493 e. The van der Waals surface area contributed by atoms with Crippen molar-refractivity contribution in [3.63, 3.8) is 0 Å². The van der Waals surface area contributed by atoms with E-state index in [1.807, 2.05) is 25.1 Å². The Bertz CT molecular complexity index is 457. The lowest BCUT2D eigenvalue weighted by Gasteiger charge is -2.23. The van der Waals surface area contributed by atoms with Crippen LogP contribution >= 0.6 is 0 Å². The molecule has 1 rings (SSSR count). The van der Waals surface area contributed by atoms with Crippen molar-refractivity contribution in [1.82, 2.24) is 5.32 Å². The van der Waals surface area contributed by atoms with Crippen molar-refractivity contribution >= 4 is 5.97 Å². The average molecular weight is 281 g/mol. The standard InChI is InChI=1S/C15H23NO4/c1-6-20-13-9-11(7-8-12(13)18-4)10-16-15(2,3)14(17)19-5/h7-9,16H,6,10H2,1-5H3. The van der Waals surface area contributed by atoms with E-state index in [4.69, 9.17) is 14.2 Å². The molecule has 112 valence electrons. The number of ether oxygens (including phenoxy) is 3. The molecule has 0 saturated carbocycles. The summed E-state index contributed by atoms with van der Waals surface area (Å²) in [6.07, 6.45) is 0. The maximum absolute atomic E-state index is 11.6. The van der Waals surface area contributed by atoms with Crippen LogP contribution in [0, 0.1) is 0 Å². The van der Waals surface area contributed by atoms with E-state index in [1.54, 1.807) is 21.0 Å². The van der Waals surface area contributed by atoms with Gasteiger partial charge in [-0.25, -0.2) is 0 Å². The monoisotopic (exact) mass is 281 g/mol. The van der Waals surface area contributed by atoms with Gasteiger partial charge in [-0.2, -0.15) is 0 Å². The van der Waals surface area contributed by atoms with Crippen LogP contribution in [0.3, 0.4) is 0 Å². The summed E-state index contributed by atoms with van der Waals surface area (Å²) in [7, 11) is 2.99. The highest BCUT2D eigenvalue weighted by Gasteiger charge is 2.27. The summed E-state index contributed by atoms with van der Waals surface area (Å²) in [6.45, 7) is 6.59. The Balaban J connectivity index is 2.78. The third kappa shape index (κ3) is 4.13. The molecule has 0 radical (unpaired) electrons. The van der Waals surface area contributed by atoms with E-state index in [9.17, 15) is 4.79 Å². The summed E-state index contributed by atoms with van der Waals surface area (Å²) < 4.78 is 15.5. The molecule has 0 amide bonds. The lowest BCUT2D eigenvalue weighted by molar-refractivity contribution is -0.147. The fourth-order valence-corrected chi connectivity index (χ4v) is 1.75. The van der Waals surface area contributed by atoms with Crippen LogP contribution in [0.1, 0.15) is 26.3 Å². The lowest BCUT2D eigenvalue weighted by atomic mass is 10.1. The second-order valence-corrected chi connectivity index (χ2v) is 4.89. The van der Waals surface area contributed by atoms with Crippen molar-refractivity contribution in [2.45, 2.75) is 32.9 Å². The quantitative estimate of drug-likeness (QED) is 0.776. The summed E-state index contributed by atoms with van der Waals surface area (Å²) >= 11 is 0. The molecule has 20 heavy (non-hydrogen) atoms. The number of carbonyl (C=O) groups excluding carboxylic acids is 1. The van der Waals surface area contributed by atoms with E-state index in [2.05, 4.69) is 5.32 Å². The van der Waals surface area contributed by atoms with Crippen molar-refractivity contribution in [3.8, 4) is 11.5 Å². The number of hydrogen-bond acceptors (Lipinski definition) is 5. The van der Waals surface area contributed by atoms with E-state index in [1.165, 1.54) is 7.11 Å². The first-order chi connectivity index (χ1) is 9.44. The molecule has 1 aromatic rings. The molecule has 1 aromatic carbocycles. The summed E-state index contributed by atoms with van der Waals surface area (Å²) in [4.78, 5) is 11.6. The normalized spacial score (nSPS) is 11.1. The van der Waals surface area contributed by atoms with E-state index < -0.39 is 5.54 Å². The van der Waals surface area contributed by atoms with Gasteiger partial charge in [0.25, 0.3) is 0 Å². The van der Waals surface area contributed by atoms with Crippen LogP contribution in [0.4, 0.5) is 0 Å². The van der Waals surface area contributed by atoms with E-state index in [0.717, 1.165) is 5.56 Å². The van der Waals surface area contributed by atoms with Crippen molar-refractivity contribution in [2.75, 3.05) is 20.8 Å². The summed E-state index contributed by atoms with van der Waals surface area (Å²) in [5.74, 6) is 1.10. The molecule has 5 heteroatoms. The van der Waals surface area contributed by atoms with Gasteiger partial charge in [-0.15, -0.1) is 0 Å². The highest BCUT2D eigenvalue weighted by Crippen LogP contribution is 2.28. The van der Waals surface area contributed by atoms with Crippen LogP contribution in [0.5, 0.6) is 11.5 Å². The van der Waals surface area contributed by atoms with Gasteiger partial charge in [-0.05, 0) is 38.5 Å². The Morgan fingerprint density at radius 1 is 1.25 bits per heavy atom. The zero-order valence-corrected chi connectivity index (χ0v) is 12.8. The summed E-state index contributed by atoms with van der Waals surface area (Å²) in [6, 6.07) is 5.69. The molecule has 1 N–H and O–H groups in total. The number of esters is 1. The minimum absolute atomic E-state index is 0.295. The first-order valence-electron chi connectivity index (χ1n) is 6.57. The van der Waals surface area contributed by atoms with Crippen molar-refractivity contribution in [1.29, 1.82) is 0 Å². The largest absolute Gasteiger partial charge is 0.493 e. The zero-order chi connectivity index (χ0) is 15.2. The molecule has 0 spiro atoms. The number of carbonyl (C=O) groups is 1. The molecule has 0 aromatic heterocycles. The maximum Gasteiger partial charge on any atom is 0.325 e. The van der Waals surface area contributed by atoms with Gasteiger partial charge in [0.05, 0.1) is 20.8 Å². The van der Waals surface area contributed by atoms with Gasteiger partial charge in [0.15, 0.2) is 11.5 Å². The Morgan fingerprint density at radius 2 is 1.95 bits per heavy atom. The Hall–Kier alpha value is -1.75. The van der Waals surface area contributed by atoms with Crippen LogP contribution in [-0.4, -0.2) is 32.3 Å². The SMILES string of the molecule is CCOc1cc(CNC(C)(C)C(=O)OC)ccc1OC. The van der Waals surface area contributed by atoms with Crippen LogP contribution in [0.2, 0.25) is 0 Å². The molecule has 0 saturated heterocycles. The molecule has 5 nitrogen and oxygen atoms in total. The molecule has 0 bridgehead atoms. The predicted octanol–water partition coefficient (Wildman–Crippen LogP) is 2.14. The third-order valence-electron chi connectivity index (χ3n) is 2.96. The van der Waals surface area contributed by atoms with Crippen LogP contribution in [0.25, 0.3) is 0 Å². The maximum atomic E-state index is 11.6. The molecule has 0 atom stereocenters. The average Bonchev–Trinajstić information content (AvgIpc) is 2.45. The van der Waals surface area contributed by atoms with Gasteiger partial charge < -0.3 is 14.2 Å². The number of hydrogen-bond donors (Lipinski definition) is 1. The van der Waals surface area contributed by atoms with Gasteiger partial charge in [-0.3, -0.25) is 10.1 Å².